The van der Waals surface area contributed by atoms with Crippen LogP contribution in [0.4, 0.5) is 0 Å². The maximum atomic E-state index is 9.07. The van der Waals surface area contributed by atoms with Gasteiger partial charge in [-0.25, -0.2) is 4.68 Å². The minimum absolute atomic E-state index is 0.553. The molecule has 2 heterocycles. The van der Waals surface area contributed by atoms with Crippen LogP contribution in [0.1, 0.15) is 30.5 Å². The average Bonchev–Trinajstić information content (AvgIpc) is 2.84. The number of ether oxygens (including phenoxy) is 1. The molecule has 0 saturated carbocycles. The first kappa shape index (κ1) is 12.9. The summed E-state index contributed by atoms with van der Waals surface area (Å²) in [5, 5.41) is 13.3. The van der Waals surface area contributed by atoms with Crippen molar-refractivity contribution in [3.63, 3.8) is 0 Å². The van der Waals surface area contributed by atoms with E-state index in [2.05, 4.69) is 23.1 Å². The van der Waals surface area contributed by atoms with Gasteiger partial charge in [-0.1, -0.05) is 0 Å². The molecule has 1 fully saturated rings. The molecule has 0 N–H and O–H groups in total. The van der Waals surface area contributed by atoms with Gasteiger partial charge in [0.15, 0.2) is 0 Å². The molecule has 0 aromatic carbocycles. The van der Waals surface area contributed by atoms with E-state index in [0.717, 1.165) is 12.1 Å². The molecule has 0 spiro atoms. The number of hydrogen-bond donors (Lipinski definition) is 0. The van der Waals surface area contributed by atoms with Crippen molar-refractivity contribution in [3.05, 3.63) is 11.3 Å². The lowest BCUT2D eigenvalue weighted by Crippen LogP contribution is -2.26. The van der Waals surface area contributed by atoms with Crippen molar-refractivity contribution < 1.29 is 4.74 Å². The number of hydrogen-bond acceptors (Lipinski definition) is 4. The molecule has 1 aliphatic rings. The lowest BCUT2D eigenvalue weighted by molar-refractivity contribution is 0.222. The number of rotatable bonds is 4. The fraction of sp³-hybridized carbons (Fsp3) is 0.692. The fourth-order valence-electron chi connectivity index (χ4n) is 2.57. The Morgan fingerprint density at radius 2 is 2.28 bits per heavy atom. The zero-order valence-electron chi connectivity index (χ0n) is 11.3. The largest absolute Gasteiger partial charge is 0.477 e. The van der Waals surface area contributed by atoms with Gasteiger partial charge >= 0.3 is 0 Å². The second-order valence-corrected chi connectivity index (χ2v) is 4.91. The molecule has 5 heteroatoms. The summed E-state index contributed by atoms with van der Waals surface area (Å²) < 4.78 is 7.39. The van der Waals surface area contributed by atoms with E-state index >= 15 is 0 Å². The Morgan fingerprint density at radius 1 is 1.50 bits per heavy atom. The van der Waals surface area contributed by atoms with Gasteiger partial charge in [0.25, 0.3) is 0 Å². The van der Waals surface area contributed by atoms with E-state index < -0.39 is 0 Å². The number of nitriles is 1. The predicted octanol–water partition coefficient (Wildman–Crippen LogP) is 1.46. The van der Waals surface area contributed by atoms with Gasteiger partial charge in [0.2, 0.25) is 5.88 Å². The van der Waals surface area contributed by atoms with E-state index in [1.165, 1.54) is 19.4 Å². The Bertz CT molecular complexity index is 460. The lowest BCUT2D eigenvalue weighted by atomic mass is 10.1. The SMILES string of the molecule is Cc1nn(C)c(OCCC2CCCN2C)c1C#N. The highest BCUT2D eigenvalue weighted by Crippen LogP contribution is 2.22. The van der Waals surface area contributed by atoms with Crippen molar-refractivity contribution in [1.29, 1.82) is 5.26 Å². The molecule has 1 atom stereocenters. The molecular weight excluding hydrogens is 228 g/mol. The van der Waals surface area contributed by atoms with Gasteiger partial charge in [-0.05, 0) is 39.8 Å². The highest BCUT2D eigenvalue weighted by molar-refractivity contribution is 5.41. The number of nitrogens with zero attached hydrogens (tertiary/aromatic N) is 4. The normalized spacial score (nSPS) is 20.0. The van der Waals surface area contributed by atoms with Gasteiger partial charge < -0.3 is 9.64 Å². The molecule has 5 nitrogen and oxygen atoms in total. The van der Waals surface area contributed by atoms with E-state index in [0.29, 0.717) is 24.1 Å². The highest BCUT2D eigenvalue weighted by atomic mass is 16.5. The summed E-state index contributed by atoms with van der Waals surface area (Å²) in [7, 11) is 3.97. The molecule has 2 rings (SSSR count). The van der Waals surface area contributed by atoms with Crippen molar-refractivity contribution in [1.82, 2.24) is 14.7 Å². The van der Waals surface area contributed by atoms with Crippen LogP contribution in [0, 0.1) is 18.3 Å². The van der Waals surface area contributed by atoms with Crippen molar-refractivity contribution in [2.45, 2.75) is 32.2 Å². The van der Waals surface area contributed by atoms with E-state index in [1.807, 2.05) is 14.0 Å². The molecular formula is C13H20N4O. The second-order valence-electron chi connectivity index (χ2n) is 4.91. The Labute approximate surface area is 108 Å². The molecule has 0 aliphatic carbocycles. The van der Waals surface area contributed by atoms with Crippen LogP contribution in [0.2, 0.25) is 0 Å². The van der Waals surface area contributed by atoms with Gasteiger partial charge in [0, 0.05) is 13.1 Å². The number of aromatic nitrogens is 2. The standard InChI is InChI=1S/C13H20N4O/c1-10-12(9-14)13(17(3)15-10)18-8-6-11-5-4-7-16(11)2/h11H,4-8H2,1-3H3. The summed E-state index contributed by atoms with van der Waals surface area (Å²) >= 11 is 0. The fourth-order valence-corrected chi connectivity index (χ4v) is 2.57. The van der Waals surface area contributed by atoms with Crippen molar-refractivity contribution in [2.24, 2.45) is 7.05 Å². The Balaban J connectivity index is 1.92. The minimum atomic E-state index is 0.553. The first-order valence-electron chi connectivity index (χ1n) is 6.40. The van der Waals surface area contributed by atoms with Crippen LogP contribution in [0.5, 0.6) is 5.88 Å². The van der Waals surface area contributed by atoms with Gasteiger partial charge in [0.1, 0.15) is 11.6 Å². The number of aryl methyl sites for hydroxylation is 2. The molecule has 1 unspecified atom stereocenters. The second kappa shape index (κ2) is 5.40. The van der Waals surface area contributed by atoms with Gasteiger partial charge in [-0.15, -0.1) is 0 Å². The van der Waals surface area contributed by atoms with Crippen LogP contribution in [-0.4, -0.2) is 40.9 Å². The molecule has 1 aliphatic heterocycles. The molecule has 1 aromatic heterocycles. The summed E-state index contributed by atoms with van der Waals surface area (Å²) in [5.74, 6) is 0.593. The van der Waals surface area contributed by atoms with Crippen LogP contribution in [0.25, 0.3) is 0 Å². The number of likely N-dealkylation sites (tertiary alicyclic amines) is 1. The van der Waals surface area contributed by atoms with Crippen LogP contribution < -0.4 is 4.74 Å². The average molecular weight is 248 g/mol. The Kier molecular flexibility index (Phi) is 3.87. The van der Waals surface area contributed by atoms with Crippen LogP contribution in [-0.2, 0) is 7.05 Å². The zero-order valence-corrected chi connectivity index (χ0v) is 11.3. The van der Waals surface area contributed by atoms with Crippen molar-refractivity contribution >= 4 is 0 Å². The minimum Gasteiger partial charge on any atom is -0.477 e. The maximum Gasteiger partial charge on any atom is 0.230 e. The Hall–Kier alpha value is -1.54. The quantitative estimate of drug-likeness (QED) is 0.809. The summed E-state index contributed by atoms with van der Waals surface area (Å²) in [4.78, 5) is 2.38. The molecule has 1 aromatic rings. The van der Waals surface area contributed by atoms with Crippen LogP contribution >= 0.6 is 0 Å². The molecule has 98 valence electrons. The summed E-state index contributed by atoms with van der Waals surface area (Å²) in [6.45, 7) is 3.65. The predicted molar refractivity (Wildman–Crippen MR) is 68.4 cm³/mol. The molecule has 0 radical (unpaired) electrons. The van der Waals surface area contributed by atoms with Crippen LogP contribution in [0.3, 0.4) is 0 Å². The van der Waals surface area contributed by atoms with E-state index in [1.54, 1.807) is 4.68 Å². The maximum absolute atomic E-state index is 9.07. The van der Waals surface area contributed by atoms with Crippen molar-refractivity contribution in [3.8, 4) is 11.9 Å². The van der Waals surface area contributed by atoms with Gasteiger partial charge in [-0.2, -0.15) is 10.4 Å². The topological polar surface area (TPSA) is 54.1 Å². The smallest absolute Gasteiger partial charge is 0.230 e. The molecule has 0 amide bonds. The molecule has 1 saturated heterocycles. The van der Waals surface area contributed by atoms with Crippen molar-refractivity contribution in [2.75, 3.05) is 20.2 Å². The van der Waals surface area contributed by atoms with Crippen LogP contribution in [0.15, 0.2) is 0 Å². The first-order valence-corrected chi connectivity index (χ1v) is 6.40. The Morgan fingerprint density at radius 3 is 2.89 bits per heavy atom. The summed E-state index contributed by atoms with van der Waals surface area (Å²) in [6.07, 6.45) is 3.52. The monoisotopic (exact) mass is 248 g/mol. The third-order valence-electron chi connectivity index (χ3n) is 3.64. The highest BCUT2D eigenvalue weighted by Gasteiger charge is 2.21. The molecule has 18 heavy (non-hydrogen) atoms. The van der Waals surface area contributed by atoms with E-state index in [9.17, 15) is 0 Å². The van der Waals surface area contributed by atoms with Gasteiger partial charge in [0.05, 0.1) is 12.3 Å². The zero-order chi connectivity index (χ0) is 13.1. The summed E-state index contributed by atoms with van der Waals surface area (Å²) in [5.41, 5.74) is 1.28. The third-order valence-corrected chi connectivity index (χ3v) is 3.64. The third kappa shape index (κ3) is 2.49. The molecule has 0 bridgehead atoms. The van der Waals surface area contributed by atoms with Gasteiger partial charge in [-0.3, -0.25) is 0 Å². The van der Waals surface area contributed by atoms with E-state index in [4.69, 9.17) is 10.00 Å². The lowest BCUT2D eigenvalue weighted by Gasteiger charge is -2.19. The summed E-state index contributed by atoms with van der Waals surface area (Å²) in [6, 6.07) is 2.77. The van der Waals surface area contributed by atoms with E-state index in [-0.39, 0.29) is 0 Å². The first-order chi connectivity index (χ1) is 8.63.